The largest absolute Gasteiger partial charge is 0.399 e. The van der Waals surface area contributed by atoms with Gasteiger partial charge in [0, 0.05) is 5.69 Å². The number of nitrogens with two attached hydrogens (primary N) is 1. The van der Waals surface area contributed by atoms with Gasteiger partial charge in [-0.2, -0.15) is 5.26 Å². The first-order valence-corrected chi connectivity index (χ1v) is 5.60. The number of anilines is 2. The second-order valence-electron chi connectivity index (χ2n) is 3.67. The molecular weight excluding hydrogens is 268 g/mol. The van der Waals surface area contributed by atoms with Gasteiger partial charge in [0.25, 0.3) is 5.82 Å². The van der Waals surface area contributed by atoms with Crippen molar-refractivity contribution in [3.05, 3.63) is 35.4 Å². The van der Waals surface area contributed by atoms with Crippen molar-refractivity contribution in [1.29, 1.82) is 5.26 Å². The molecule has 0 unspecified atom stereocenters. The Balaban J connectivity index is 2.05. The third-order valence-corrected chi connectivity index (χ3v) is 2.54. The molecule has 0 atom stereocenters. The van der Waals surface area contributed by atoms with Gasteiger partial charge in [-0.15, -0.1) is 5.10 Å². The number of halogens is 1. The quantitative estimate of drug-likeness (QED) is 0.814. The highest BCUT2D eigenvalue weighted by Gasteiger charge is 2.08. The third-order valence-electron chi connectivity index (χ3n) is 2.21. The van der Waals surface area contributed by atoms with Crippen LogP contribution in [0.4, 0.5) is 11.4 Å². The van der Waals surface area contributed by atoms with Crippen molar-refractivity contribution in [2.24, 2.45) is 0 Å². The molecule has 19 heavy (non-hydrogen) atoms. The summed E-state index contributed by atoms with van der Waals surface area (Å²) >= 11 is 5.92. The van der Waals surface area contributed by atoms with Crippen LogP contribution in [-0.2, 0) is 11.3 Å². The minimum atomic E-state index is -0.345. The minimum Gasteiger partial charge on any atom is -0.399 e. The Hall–Kier alpha value is -2.59. The summed E-state index contributed by atoms with van der Waals surface area (Å²) in [4.78, 5) is 15.5. The van der Waals surface area contributed by atoms with Gasteiger partial charge < -0.3 is 11.1 Å². The summed E-state index contributed by atoms with van der Waals surface area (Å²) in [5, 5.41) is 15.3. The maximum atomic E-state index is 11.8. The number of aromatic nitrogens is 3. The van der Waals surface area contributed by atoms with E-state index in [-0.39, 0.29) is 18.3 Å². The average Bonchev–Trinajstić information content (AvgIpc) is 2.81. The smallest absolute Gasteiger partial charge is 0.252 e. The molecule has 0 bridgehead atoms. The predicted molar refractivity (Wildman–Crippen MR) is 69.2 cm³/mol. The van der Waals surface area contributed by atoms with Crippen LogP contribution in [0.1, 0.15) is 5.82 Å². The lowest BCUT2D eigenvalue weighted by molar-refractivity contribution is -0.116. The molecule has 1 aromatic carbocycles. The molecule has 0 fully saturated rings. The molecule has 96 valence electrons. The maximum absolute atomic E-state index is 11.8. The Bertz CT molecular complexity index is 659. The lowest BCUT2D eigenvalue weighted by Crippen LogP contribution is -2.19. The lowest BCUT2D eigenvalue weighted by Gasteiger charge is -2.07. The summed E-state index contributed by atoms with van der Waals surface area (Å²) < 4.78 is 1.26. The molecule has 0 aliphatic carbocycles. The summed E-state index contributed by atoms with van der Waals surface area (Å²) in [6.07, 6.45) is 1.30. The third kappa shape index (κ3) is 3.20. The van der Waals surface area contributed by atoms with Gasteiger partial charge in [0.1, 0.15) is 18.9 Å². The number of hydrogen-bond donors (Lipinski definition) is 2. The second kappa shape index (κ2) is 5.37. The molecule has 1 aromatic heterocycles. The summed E-state index contributed by atoms with van der Waals surface area (Å²) in [5.41, 5.74) is 6.52. The van der Waals surface area contributed by atoms with Crippen molar-refractivity contribution in [2.75, 3.05) is 11.1 Å². The highest BCUT2D eigenvalue weighted by atomic mass is 35.5. The standard InChI is InChI=1S/C11H9ClN6O/c12-8-2-1-7(14)3-9(8)16-11(19)5-18-6-15-10(4-13)17-18/h1-3,6H,5,14H2,(H,16,19). The van der Waals surface area contributed by atoms with E-state index >= 15 is 0 Å². The van der Waals surface area contributed by atoms with Crippen molar-refractivity contribution in [2.45, 2.75) is 6.54 Å². The maximum Gasteiger partial charge on any atom is 0.252 e. The van der Waals surface area contributed by atoms with Crippen molar-refractivity contribution in [3.8, 4) is 6.07 Å². The van der Waals surface area contributed by atoms with Crippen LogP contribution < -0.4 is 11.1 Å². The zero-order chi connectivity index (χ0) is 13.8. The number of nitriles is 1. The van der Waals surface area contributed by atoms with Crippen molar-refractivity contribution < 1.29 is 4.79 Å². The number of amides is 1. The van der Waals surface area contributed by atoms with Crippen molar-refractivity contribution in [1.82, 2.24) is 14.8 Å². The average molecular weight is 277 g/mol. The van der Waals surface area contributed by atoms with Crippen LogP contribution in [0.15, 0.2) is 24.5 Å². The number of carbonyl (C=O) groups excluding carboxylic acids is 1. The van der Waals surface area contributed by atoms with E-state index in [0.717, 1.165) is 0 Å². The van der Waals surface area contributed by atoms with E-state index in [1.54, 1.807) is 24.3 Å². The molecule has 0 radical (unpaired) electrons. The molecule has 0 saturated carbocycles. The topological polar surface area (TPSA) is 110 Å². The van der Waals surface area contributed by atoms with Crippen molar-refractivity contribution in [3.63, 3.8) is 0 Å². The number of carbonyl (C=O) groups is 1. The Morgan fingerprint density at radius 3 is 3.05 bits per heavy atom. The molecule has 0 spiro atoms. The van der Waals surface area contributed by atoms with Crippen LogP contribution in [0.5, 0.6) is 0 Å². The fourth-order valence-electron chi connectivity index (χ4n) is 1.40. The number of hydrogen-bond acceptors (Lipinski definition) is 5. The van der Waals surface area contributed by atoms with Gasteiger partial charge in [0.2, 0.25) is 5.91 Å². The SMILES string of the molecule is N#Cc1ncn(CC(=O)Nc2cc(N)ccc2Cl)n1. The summed E-state index contributed by atoms with van der Waals surface area (Å²) in [5.74, 6) is -0.336. The molecule has 0 aliphatic heterocycles. The first-order valence-electron chi connectivity index (χ1n) is 5.23. The molecular formula is C11H9ClN6O. The number of benzene rings is 1. The van der Waals surface area contributed by atoms with E-state index in [2.05, 4.69) is 15.4 Å². The summed E-state index contributed by atoms with van der Waals surface area (Å²) in [7, 11) is 0. The Kier molecular flexibility index (Phi) is 3.63. The summed E-state index contributed by atoms with van der Waals surface area (Å²) in [6.45, 7) is -0.0696. The van der Waals surface area contributed by atoms with E-state index < -0.39 is 0 Å². The van der Waals surface area contributed by atoms with Crippen LogP contribution in [0.25, 0.3) is 0 Å². The Morgan fingerprint density at radius 1 is 1.58 bits per heavy atom. The Morgan fingerprint density at radius 2 is 2.37 bits per heavy atom. The van der Waals surface area contributed by atoms with Crippen molar-refractivity contribution >= 4 is 28.9 Å². The second-order valence-corrected chi connectivity index (χ2v) is 4.07. The van der Waals surface area contributed by atoms with Crippen LogP contribution in [0, 0.1) is 11.3 Å². The predicted octanol–water partition coefficient (Wildman–Crippen LogP) is 1.02. The van der Waals surface area contributed by atoms with Gasteiger partial charge in [0.05, 0.1) is 10.7 Å². The highest BCUT2D eigenvalue weighted by molar-refractivity contribution is 6.33. The molecule has 3 N–H and O–H groups in total. The number of nitrogens with one attached hydrogen (secondary N) is 1. The fourth-order valence-corrected chi connectivity index (χ4v) is 1.56. The zero-order valence-electron chi connectivity index (χ0n) is 9.67. The van der Waals surface area contributed by atoms with E-state index in [4.69, 9.17) is 22.6 Å². The first kappa shape index (κ1) is 12.9. The molecule has 1 amide bonds. The fraction of sp³-hybridized carbons (Fsp3) is 0.0909. The van der Waals surface area contributed by atoms with Crippen LogP contribution in [0.3, 0.4) is 0 Å². The van der Waals surface area contributed by atoms with Crippen LogP contribution in [0.2, 0.25) is 5.02 Å². The number of rotatable bonds is 3. The van der Waals surface area contributed by atoms with Crippen LogP contribution in [-0.4, -0.2) is 20.7 Å². The molecule has 2 aromatic rings. The van der Waals surface area contributed by atoms with E-state index in [0.29, 0.717) is 16.4 Å². The molecule has 8 heteroatoms. The van der Waals surface area contributed by atoms with Gasteiger partial charge in [-0.25, -0.2) is 9.67 Å². The van der Waals surface area contributed by atoms with Gasteiger partial charge in [-0.3, -0.25) is 4.79 Å². The lowest BCUT2D eigenvalue weighted by atomic mass is 10.3. The van der Waals surface area contributed by atoms with Gasteiger partial charge in [-0.1, -0.05) is 11.6 Å². The first-order chi connectivity index (χ1) is 9.08. The number of nitrogen functional groups attached to an aromatic ring is 1. The minimum absolute atomic E-state index is 0.00906. The molecule has 0 aliphatic rings. The summed E-state index contributed by atoms with van der Waals surface area (Å²) in [6, 6.07) is 6.56. The number of nitrogens with zero attached hydrogens (tertiary/aromatic N) is 4. The highest BCUT2D eigenvalue weighted by Crippen LogP contribution is 2.23. The van der Waals surface area contributed by atoms with Crippen LogP contribution >= 0.6 is 11.6 Å². The molecule has 7 nitrogen and oxygen atoms in total. The van der Waals surface area contributed by atoms with Gasteiger partial charge in [0.15, 0.2) is 0 Å². The molecule has 1 heterocycles. The normalized spacial score (nSPS) is 9.89. The zero-order valence-corrected chi connectivity index (χ0v) is 10.4. The monoisotopic (exact) mass is 276 g/mol. The van der Waals surface area contributed by atoms with Gasteiger partial charge in [-0.05, 0) is 18.2 Å². The van der Waals surface area contributed by atoms with E-state index in [1.807, 2.05) is 0 Å². The van der Waals surface area contributed by atoms with Gasteiger partial charge >= 0.3 is 0 Å². The van der Waals surface area contributed by atoms with E-state index in [1.165, 1.54) is 11.0 Å². The van der Waals surface area contributed by atoms with E-state index in [9.17, 15) is 4.79 Å². The molecule has 0 saturated heterocycles. The molecule has 2 rings (SSSR count). The Labute approximate surface area is 113 Å².